The highest BCUT2D eigenvalue weighted by Gasteiger charge is 2.35. The van der Waals surface area contributed by atoms with Crippen LogP contribution in [0.5, 0.6) is 0 Å². The highest BCUT2D eigenvalue weighted by Crippen LogP contribution is 2.33. The minimum atomic E-state index is -0.128. The number of hydrogen-bond acceptors (Lipinski definition) is 8. The third-order valence-electron chi connectivity index (χ3n) is 6.34. The van der Waals surface area contributed by atoms with Crippen molar-refractivity contribution < 1.29 is 14.3 Å². The van der Waals surface area contributed by atoms with Gasteiger partial charge in [-0.05, 0) is 43.5 Å². The van der Waals surface area contributed by atoms with Gasteiger partial charge in [-0.15, -0.1) is 0 Å². The fraction of sp³-hybridized carbons (Fsp3) is 0.440. The monoisotopic (exact) mass is 462 g/mol. The first kappa shape index (κ1) is 22.5. The van der Waals surface area contributed by atoms with E-state index < -0.39 is 0 Å². The summed E-state index contributed by atoms with van der Waals surface area (Å²) in [6, 6.07) is 11.5. The summed E-state index contributed by atoms with van der Waals surface area (Å²) in [5.74, 6) is 1.32. The zero-order valence-corrected chi connectivity index (χ0v) is 19.6. The number of rotatable bonds is 8. The van der Waals surface area contributed by atoms with Crippen LogP contribution in [0, 0.1) is 0 Å². The van der Waals surface area contributed by atoms with Gasteiger partial charge < -0.3 is 25.0 Å². The Labute approximate surface area is 198 Å². The standard InChI is InChI=1S/C25H30N6O3/c1-26-24(32)17-6-3-5-16(13-17)21-10-9-20-22(28-21)29-25(27-11-4-12-33-2)30-23(20)31-14-18-7-8-19(15-31)34-18/h3,5-6,9-10,13,18-19H,4,7-8,11-12,14-15H2,1-2H3,(H,26,32)(H,27,28,29,30). The lowest BCUT2D eigenvalue weighted by Gasteiger charge is -2.33. The average Bonchev–Trinajstić information content (AvgIpc) is 3.22. The first-order valence-corrected chi connectivity index (χ1v) is 11.8. The van der Waals surface area contributed by atoms with Crippen LogP contribution < -0.4 is 15.5 Å². The minimum absolute atomic E-state index is 0.128. The molecule has 2 bridgehead atoms. The number of methoxy groups -OCH3 is 1. The molecule has 9 heteroatoms. The molecule has 34 heavy (non-hydrogen) atoms. The van der Waals surface area contributed by atoms with Crippen molar-refractivity contribution in [1.29, 1.82) is 0 Å². The van der Waals surface area contributed by atoms with Gasteiger partial charge in [-0.3, -0.25) is 4.79 Å². The van der Waals surface area contributed by atoms with Crippen molar-refractivity contribution in [2.24, 2.45) is 0 Å². The predicted octanol–water partition coefficient (Wildman–Crippen LogP) is 2.87. The first-order valence-electron chi connectivity index (χ1n) is 11.8. The van der Waals surface area contributed by atoms with Crippen LogP contribution >= 0.6 is 0 Å². The van der Waals surface area contributed by atoms with Crippen LogP contribution in [0.2, 0.25) is 0 Å². The lowest BCUT2D eigenvalue weighted by molar-refractivity contribution is 0.0303. The van der Waals surface area contributed by atoms with Gasteiger partial charge in [0.25, 0.3) is 5.91 Å². The summed E-state index contributed by atoms with van der Waals surface area (Å²) < 4.78 is 11.2. The smallest absolute Gasteiger partial charge is 0.251 e. The Morgan fingerprint density at radius 1 is 1.15 bits per heavy atom. The Morgan fingerprint density at radius 3 is 2.74 bits per heavy atom. The molecule has 1 amide bonds. The molecule has 2 aromatic heterocycles. The van der Waals surface area contributed by atoms with E-state index in [0.29, 0.717) is 30.3 Å². The molecule has 2 fully saturated rings. The Hall–Kier alpha value is -3.30. The Balaban J connectivity index is 1.52. The second-order valence-electron chi connectivity index (χ2n) is 8.73. The van der Waals surface area contributed by atoms with Gasteiger partial charge in [0.15, 0.2) is 5.65 Å². The molecule has 3 aromatic rings. The van der Waals surface area contributed by atoms with Crippen LogP contribution in [0.1, 0.15) is 29.6 Å². The topological polar surface area (TPSA) is 102 Å². The first-order chi connectivity index (χ1) is 16.6. The quantitative estimate of drug-likeness (QED) is 0.493. The Morgan fingerprint density at radius 2 is 1.97 bits per heavy atom. The molecule has 2 aliphatic rings. The molecule has 2 saturated heterocycles. The zero-order chi connectivity index (χ0) is 23.5. The molecular weight excluding hydrogens is 432 g/mol. The number of pyridine rings is 1. The normalized spacial score (nSPS) is 19.4. The molecule has 0 spiro atoms. The summed E-state index contributed by atoms with van der Waals surface area (Å²) in [6.07, 6.45) is 3.55. The number of hydrogen-bond donors (Lipinski definition) is 2. The van der Waals surface area contributed by atoms with E-state index in [-0.39, 0.29) is 18.1 Å². The summed E-state index contributed by atoms with van der Waals surface area (Å²) in [6.45, 7) is 3.02. The highest BCUT2D eigenvalue weighted by molar-refractivity contribution is 5.95. The average molecular weight is 463 g/mol. The summed E-state index contributed by atoms with van der Waals surface area (Å²) >= 11 is 0. The number of fused-ring (bicyclic) bond motifs is 3. The van der Waals surface area contributed by atoms with Crippen molar-refractivity contribution >= 4 is 28.7 Å². The molecular formula is C25H30N6O3. The molecule has 0 saturated carbocycles. The number of benzene rings is 1. The molecule has 2 unspecified atom stereocenters. The van der Waals surface area contributed by atoms with Crippen LogP contribution in [0.4, 0.5) is 11.8 Å². The van der Waals surface area contributed by atoms with Gasteiger partial charge in [0, 0.05) is 51.5 Å². The van der Waals surface area contributed by atoms with E-state index in [4.69, 9.17) is 24.4 Å². The number of carbonyl (C=O) groups is 1. The van der Waals surface area contributed by atoms with Gasteiger partial charge in [-0.1, -0.05) is 12.1 Å². The number of carbonyl (C=O) groups excluding carboxylic acids is 1. The number of aromatic nitrogens is 3. The largest absolute Gasteiger partial charge is 0.385 e. The summed E-state index contributed by atoms with van der Waals surface area (Å²) in [4.78, 5) is 28.9. The Bertz CT molecular complexity index is 1170. The molecule has 0 radical (unpaired) electrons. The number of nitrogens with one attached hydrogen (secondary N) is 2. The summed E-state index contributed by atoms with van der Waals surface area (Å²) in [5, 5.41) is 6.91. The lowest BCUT2D eigenvalue weighted by Crippen LogP contribution is -2.43. The zero-order valence-electron chi connectivity index (χ0n) is 19.6. The fourth-order valence-corrected chi connectivity index (χ4v) is 4.64. The maximum Gasteiger partial charge on any atom is 0.251 e. The number of amides is 1. The van der Waals surface area contributed by atoms with E-state index in [1.165, 1.54) is 0 Å². The molecule has 178 valence electrons. The van der Waals surface area contributed by atoms with E-state index in [1.807, 2.05) is 30.3 Å². The Kier molecular flexibility index (Phi) is 6.55. The van der Waals surface area contributed by atoms with Gasteiger partial charge >= 0.3 is 0 Å². The van der Waals surface area contributed by atoms with Gasteiger partial charge in [0.2, 0.25) is 5.95 Å². The van der Waals surface area contributed by atoms with Crippen LogP contribution in [0.15, 0.2) is 36.4 Å². The maximum atomic E-state index is 12.1. The van der Waals surface area contributed by atoms with Gasteiger partial charge in [-0.2, -0.15) is 9.97 Å². The van der Waals surface area contributed by atoms with Crippen LogP contribution in [0.25, 0.3) is 22.3 Å². The summed E-state index contributed by atoms with van der Waals surface area (Å²) in [7, 11) is 3.32. The number of ether oxygens (including phenoxy) is 2. The highest BCUT2D eigenvalue weighted by atomic mass is 16.5. The fourth-order valence-electron chi connectivity index (χ4n) is 4.64. The second kappa shape index (κ2) is 9.90. The third kappa shape index (κ3) is 4.67. The molecule has 2 N–H and O–H groups in total. The molecule has 9 nitrogen and oxygen atoms in total. The van der Waals surface area contributed by atoms with Crippen LogP contribution in [0.3, 0.4) is 0 Å². The minimum Gasteiger partial charge on any atom is -0.385 e. The number of anilines is 2. The molecule has 0 aliphatic carbocycles. The van der Waals surface area contributed by atoms with Gasteiger partial charge in [-0.25, -0.2) is 4.98 Å². The van der Waals surface area contributed by atoms with Crippen molar-refractivity contribution in [1.82, 2.24) is 20.3 Å². The van der Waals surface area contributed by atoms with E-state index in [2.05, 4.69) is 15.5 Å². The van der Waals surface area contributed by atoms with E-state index >= 15 is 0 Å². The van der Waals surface area contributed by atoms with E-state index in [0.717, 1.165) is 54.8 Å². The SMILES string of the molecule is CNC(=O)c1cccc(-c2ccc3c(N4CC5CCC(C4)O5)nc(NCCCOC)nc3n2)c1. The van der Waals surface area contributed by atoms with Crippen molar-refractivity contribution in [3.05, 3.63) is 42.0 Å². The maximum absolute atomic E-state index is 12.1. The van der Waals surface area contributed by atoms with Crippen LogP contribution in [-0.4, -0.2) is 73.5 Å². The van der Waals surface area contributed by atoms with Gasteiger partial charge in [0.05, 0.1) is 23.3 Å². The summed E-state index contributed by atoms with van der Waals surface area (Å²) in [5.41, 5.74) is 2.84. The molecule has 2 aliphatic heterocycles. The molecule has 1 aromatic carbocycles. The second-order valence-corrected chi connectivity index (χ2v) is 8.73. The van der Waals surface area contributed by atoms with E-state index in [9.17, 15) is 4.79 Å². The molecule has 5 rings (SSSR count). The molecule has 4 heterocycles. The predicted molar refractivity (Wildman–Crippen MR) is 131 cm³/mol. The van der Waals surface area contributed by atoms with Crippen LogP contribution in [-0.2, 0) is 9.47 Å². The molecule has 2 atom stereocenters. The lowest BCUT2D eigenvalue weighted by atomic mass is 10.1. The van der Waals surface area contributed by atoms with E-state index in [1.54, 1.807) is 20.2 Å². The number of nitrogens with zero attached hydrogens (tertiary/aromatic N) is 4. The van der Waals surface area contributed by atoms with Crippen molar-refractivity contribution in [3.8, 4) is 11.3 Å². The van der Waals surface area contributed by atoms with Crippen molar-refractivity contribution in [2.45, 2.75) is 31.5 Å². The van der Waals surface area contributed by atoms with Gasteiger partial charge in [0.1, 0.15) is 5.82 Å². The third-order valence-corrected chi connectivity index (χ3v) is 6.34. The van der Waals surface area contributed by atoms with Crippen molar-refractivity contribution in [3.63, 3.8) is 0 Å². The van der Waals surface area contributed by atoms with Crippen molar-refractivity contribution in [2.75, 3.05) is 50.6 Å². The number of morpholine rings is 1.